The summed E-state index contributed by atoms with van der Waals surface area (Å²) in [6.45, 7) is 4.37. The zero-order valence-corrected chi connectivity index (χ0v) is 15.7. The van der Waals surface area contributed by atoms with E-state index >= 15 is 0 Å². The van der Waals surface area contributed by atoms with Crippen molar-refractivity contribution in [2.45, 2.75) is 32.0 Å². The van der Waals surface area contributed by atoms with Crippen molar-refractivity contribution < 1.29 is 0 Å². The fraction of sp³-hybridized carbons (Fsp3) is 0.238. The van der Waals surface area contributed by atoms with Gasteiger partial charge in [-0.3, -0.25) is 4.98 Å². The lowest BCUT2D eigenvalue weighted by Gasteiger charge is -2.27. The molecule has 1 N–H and O–H groups in total. The average Bonchev–Trinajstić information content (AvgIpc) is 3.28. The molecule has 0 radical (unpaired) electrons. The summed E-state index contributed by atoms with van der Waals surface area (Å²) in [6, 6.07) is 19.0. The van der Waals surface area contributed by atoms with Crippen molar-refractivity contribution in [3.05, 3.63) is 84.4 Å². The Hall–Kier alpha value is -2.66. The van der Waals surface area contributed by atoms with Crippen LogP contribution in [0.15, 0.2) is 73.2 Å². The minimum Gasteiger partial charge on any atom is -0.351 e. The maximum Gasteiger partial charge on any atom is 0.174 e. The van der Waals surface area contributed by atoms with Crippen LogP contribution in [0.4, 0.5) is 5.69 Å². The van der Waals surface area contributed by atoms with Gasteiger partial charge in [0.15, 0.2) is 5.11 Å². The molecule has 1 fully saturated rings. The molecule has 1 aromatic carbocycles. The Morgan fingerprint density at radius 1 is 1.04 bits per heavy atom. The van der Waals surface area contributed by atoms with Gasteiger partial charge >= 0.3 is 0 Å². The normalized spacial score (nSPS) is 19.8. The van der Waals surface area contributed by atoms with Crippen LogP contribution in [0.1, 0.15) is 43.2 Å². The van der Waals surface area contributed by atoms with Crippen LogP contribution in [0.25, 0.3) is 0 Å². The van der Waals surface area contributed by atoms with Crippen molar-refractivity contribution in [1.82, 2.24) is 14.9 Å². The molecule has 0 aliphatic carbocycles. The standard InChI is InChI=1S/C21H22N4S/c1-15(2)24-13-11-16(14-24)20-19(18-10-6-7-12-22-18)23-21(26)25(20)17-8-4-3-5-9-17/h3-15,19-20H,1-2H3,(H,23,26)/t19-,20-/m1/s1. The van der Waals surface area contributed by atoms with Gasteiger partial charge in [-0.15, -0.1) is 0 Å². The summed E-state index contributed by atoms with van der Waals surface area (Å²) < 4.78 is 2.23. The van der Waals surface area contributed by atoms with Crippen molar-refractivity contribution in [2.24, 2.45) is 0 Å². The lowest BCUT2D eigenvalue weighted by Crippen LogP contribution is -2.29. The number of nitrogens with zero attached hydrogens (tertiary/aromatic N) is 3. The minimum absolute atomic E-state index is 0.00641. The highest BCUT2D eigenvalue weighted by Crippen LogP contribution is 2.41. The van der Waals surface area contributed by atoms with E-state index in [1.165, 1.54) is 5.56 Å². The molecule has 1 aliphatic heterocycles. The number of benzene rings is 1. The van der Waals surface area contributed by atoms with Crippen molar-refractivity contribution in [3.63, 3.8) is 0 Å². The van der Waals surface area contributed by atoms with Crippen LogP contribution < -0.4 is 10.2 Å². The van der Waals surface area contributed by atoms with E-state index < -0.39 is 0 Å². The topological polar surface area (TPSA) is 33.1 Å². The van der Waals surface area contributed by atoms with Gasteiger partial charge in [-0.1, -0.05) is 24.3 Å². The molecule has 0 spiro atoms. The Labute approximate surface area is 159 Å². The van der Waals surface area contributed by atoms with E-state index in [0.717, 1.165) is 16.5 Å². The zero-order valence-electron chi connectivity index (χ0n) is 14.9. The van der Waals surface area contributed by atoms with Gasteiger partial charge in [0.1, 0.15) is 0 Å². The summed E-state index contributed by atoms with van der Waals surface area (Å²) in [5, 5.41) is 4.22. The van der Waals surface area contributed by atoms with Crippen LogP contribution in [0, 0.1) is 0 Å². The van der Waals surface area contributed by atoms with Gasteiger partial charge in [-0.05, 0) is 62.0 Å². The highest BCUT2D eigenvalue weighted by molar-refractivity contribution is 7.80. The molecule has 132 valence electrons. The number of para-hydroxylation sites is 1. The molecule has 5 heteroatoms. The molecule has 0 saturated carbocycles. The van der Waals surface area contributed by atoms with Gasteiger partial charge in [0.05, 0.1) is 17.8 Å². The van der Waals surface area contributed by atoms with E-state index in [9.17, 15) is 0 Å². The number of hydrogen-bond acceptors (Lipinski definition) is 2. The quantitative estimate of drug-likeness (QED) is 0.686. The van der Waals surface area contributed by atoms with Crippen LogP contribution >= 0.6 is 12.2 Å². The first-order valence-electron chi connectivity index (χ1n) is 8.88. The largest absolute Gasteiger partial charge is 0.351 e. The van der Waals surface area contributed by atoms with Gasteiger partial charge in [0.25, 0.3) is 0 Å². The minimum atomic E-state index is 0.00641. The zero-order chi connectivity index (χ0) is 18.1. The first-order valence-corrected chi connectivity index (χ1v) is 9.29. The summed E-state index contributed by atoms with van der Waals surface area (Å²) in [5.41, 5.74) is 3.31. The lowest BCUT2D eigenvalue weighted by atomic mass is 9.98. The predicted molar refractivity (Wildman–Crippen MR) is 109 cm³/mol. The third-order valence-corrected chi connectivity index (χ3v) is 5.12. The first kappa shape index (κ1) is 16.8. The Morgan fingerprint density at radius 2 is 1.81 bits per heavy atom. The van der Waals surface area contributed by atoms with Gasteiger partial charge in [0, 0.05) is 30.3 Å². The molecule has 2 aromatic heterocycles. The molecule has 1 aliphatic rings. The number of aromatic nitrogens is 2. The second-order valence-electron chi connectivity index (χ2n) is 6.82. The van der Waals surface area contributed by atoms with Crippen LogP contribution in [0.5, 0.6) is 0 Å². The SMILES string of the molecule is CC(C)n1ccc([C@@H]2[C@@H](c3ccccn3)NC(=S)N2c2ccccc2)c1. The first-order chi connectivity index (χ1) is 12.6. The Bertz CT molecular complexity index is 889. The molecule has 26 heavy (non-hydrogen) atoms. The Balaban J connectivity index is 1.81. The summed E-state index contributed by atoms with van der Waals surface area (Å²) in [4.78, 5) is 6.79. The lowest BCUT2D eigenvalue weighted by molar-refractivity contribution is 0.560. The highest BCUT2D eigenvalue weighted by Gasteiger charge is 2.40. The van der Waals surface area contributed by atoms with Gasteiger partial charge in [-0.2, -0.15) is 0 Å². The summed E-state index contributed by atoms with van der Waals surface area (Å²) >= 11 is 5.72. The molecule has 3 aromatic rings. The fourth-order valence-corrected chi connectivity index (χ4v) is 3.83. The predicted octanol–water partition coefficient (Wildman–Crippen LogP) is 4.64. The van der Waals surface area contributed by atoms with Gasteiger partial charge < -0.3 is 14.8 Å². The van der Waals surface area contributed by atoms with Crippen LogP contribution in [0.2, 0.25) is 0 Å². The van der Waals surface area contributed by atoms with Crippen molar-refractivity contribution in [2.75, 3.05) is 4.90 Å². The van der Waals surface area contributed by atoms with Crippen molar-refractivity contribution in [1.29, 1.82) is 0 Å². The third kappa shape index (κ3) is 2.99. The maximum absolute atomic E-state index is 5.72. The average molecular weight is 363 g/mol. The number of nitrogens with one attached hydrogen (secondary N) is 1. The van der Waals surface area contributed by atoms with E-state index in [2.05, 4.69) is 70.3 Å². The Kier molecular flexibility index (Phi) is 4.47. The second-order valence-corrected chi connectivity index (χ2v) is 7.20. The fourth-order valence-electron chi connectivity index (χ4n) is 3.49. The third-order valence-electron chi connectivity index (χ3n) is 4.81. The monoisotopic (exact) mass is 362 g/mol. The van der Waals surface area contributed by atoms with Gasteiger partial charge in [-0.25, -0.2) is 0 Å². The number of rotatable bonds is 4. The van der Waals surface area contributed by atoms with Crippen LogP contribution in [0.3, 0.4) is 0 Å². The molecular formula is C21H22N4S. The molecule has 4 nitrogen and oxygen atoms in total. The van der Waals surface area contributed by atoms with Crippen LogP contribution in [-0.4, -0.2) is 14.7 Å². The van der Waals surface area contributed by atoms with Gasteiger partial charge in [0.2, 0.25) is 0 Å². The summed E-state index contributed by atoms with van der Waals surface area (Å²) in [5.74, 6) is 0. The summed E-state index contributed by atoms with van der Waals surface area (Å²) in [6.07, 6.45) is 6.19. The van der Waals surface area contributed by atoms with E-state index in [1.807, 2.05) is 36.5 Å². The summed E-state index contributed by atoms with van der Waals surface area (Å²) in [7, 11) is 0. The number of thiocarbonyl (C=S) groups is 1. The van der Waals surface area contributed by atoms with E-state index in [-0.39, 0.29) is 12.1 Å². The van der Waals surface area contributed by atoms with Crippen molar-refractivity contribution >= 4 is 23.0 Å². The number of pyridine rings is 1. The van der Waals surface area contributed by atoms with Crippen LogP contribution in [-0.2, 0) is 0 Å². The van der Waals surface area contributed by atoms with E-state index in [1.54, 1.807) is 0 Å². The smallest absolute Gasteiger partial charge is 0.174 e. The molecule has 0 bridgehead atoms. The molecular weight excluding hydrogens is 340 g/mol. The highest BCUT2D eigenvalue weighted by atomic mass is 32.1. The Morgan fingerprint density at radius 3 is 2.46 bits per heavy atom. The van der Waals surface area contributed by atoms with E-state index in [4.69, 9.17) is 12.2 Å². The maximum atomic E-state index is 5.72. The molecule has 2 atom stereocenters. The second kappa shape index (κ2) is 6.92. The molecule has 4 rings (SSSR count). The molecule has 1 saturated heterocycles. The van der Waals surface area contributed by atoms with E-state index in [0.29, 0.717) is 6.04 Å². The number of hydrogen-bond donors (Lipinski definition) is 1. The molecule has 0 amide bonds. The van der Waals surface area contributed by atoms with Crippen molar-refractivity contribution in [3.8, 4) is 0 Å². The molecule has 0 unspecified atom stereocenters. The number of anilines is 1. The molecule has 3 heterocycles.